The highest BCUT2D eigenvalue weighted by atomic mass is 35.5. The summed E-state index contributed by atoms with van der Waals surface area (Å²) >= 11 is 11.9. The van der Waals surface area contributed by atoms with Crippen LogP contribution in [-0.2, 0) is 6.42 Å². The zero-order chi connectivity index (χ0) is 10.1. The van der Waals surface area contributed by atoms with Gasteiger partial charge in [0.1, 0.15) is 0 Å². The molecule has 0 aromatic heterocycles. The molecule has 13 heavy (non-hydrogen) atoms. The molecule has 0 N–H and O–H groups in total. The maximum Gasteiger partial charge on any atom is 0.0453 e. The number of hydrogen-bond donors (Lipinski definition) is 0. The van der Waals surface area contributed by atoms with Crippen molar-refractivity contribution in [3.63, 3.8) is 0 Å². The predicted molar refractivity (Wildman–Crippen MR) is 59.6 cm³/mol. The third-order valence-corrected chi connectivity index (χ3v) is 2.32. The molecule has 0 aliphatic heterocycles. The molecule has 0 bridgehead atoms. The maximum atomic E-state index is 6.05. The zero-order valence-corrected chi connectivity index (χ0v) is 9.71. The second-order valence-electron chi connectivity index (χ2n) is 4.47. The number of benzene rings is 1. The van der Waals surface area contributed by atoms with Gasteiger partial charge >= 0.3 is 0 Å². The van der Waals surface area contributed by atoms with Gasteiger partial charge in [-0.2, -0.15) is 0 Å². The molecule has 72 valence electrons. The van der Waals surface area contributed by atoms with Gasteiger partial charge in [0.2, 0.25) is 0 Å². The Morgan fingerprint density at radius 1 is 1.15 bits per heavy atom. The van der Waals surface area contributed by atoms with E-state index in [0.717, 1.165) is 11.4 Å². The molecule has 0 radical (unpaired) electrons. The lowest BCUT2D eigenvalue weighted by Gasteiger charge is -2.18. The van der Waals surface area contributed by atoms with Crippen LogP contribution in [0.3, 0.4) is 0 Å². The van der Waals surface area contributed by atoms with Gasteiger partial charge in [-0.25, -0.2) is 0 Å². The molecule has 0 amide bonds. The molecule has 2 heteroatoms. The minimum atomic E-state index is 0.261. The van der Waals surface area contributed by atoms with Crippen LogP contribution in [0.4, 0.5) is 0 Å². The molecule has 0 nitrogen and oxygen atoms in total. The van der Waals surface area contributed by atoms with E-state index in [0.29, 0.717) is 5.02 Å². The van der Waals surface area contributed by atoms with E-state index in [2.05, 4.69) is 20.8 Å². The average molecular weight is 217 g/mol. The van der Waals surface area contributed by atoms with E-state index >= 15 is 0 Å². The van der Waals surface area contributed by atoms with E-state index in [-0.39, 0.29) is 5.41 Å². The van der Waals surface area contributed by atoms with E-state index in [1.165, 1.54) is 5.56 Å². The van der Waals surface area contributed by atoms with E-state index < -0.39 is 0 Å². The van der Waals surface area contributed by atoms with Gasteiger partial charge in [-0.15, -0.1) is 0 Å². The second kappa shape index (κ2) is 3.89. The van der Waals surface area contributed by atoms with Crippen molar-refractivity contribution in [2.75, 3.05) is 0 Å². The van der Waals surface area contributed by atoms with E-state index in [9.17, 15) is 0 Å². The van der Waals surface area contributed by atoms with Gasteiger partial charge in [0.25, 0.3) is 0 Å². The Balaban J connectivity index is 2.90. The van der Waals surface area contributed by atoms with Crippen LogP contribution in [-0.4, -0.2) is 0 Å². The van der Waals surface area contributed by atoms with Crippen molar-refractivity contribution >= 4 is 23.2 Å². The Hall–Kier alpha value is -0.200. The fourth-order valence-electron chi connectivity index (χ4n) is 1.24. The van der Waals surface area contributed by atoms with Gasteiger partial charge < -0.3 is 0 Å². The summed E-state index contributed by atoms with van der Waals surface area (Å²) < 4.78 is 0. The van der Waals surface area contributed by atoms with Crippen LogP contribution in [0.2, 0.25) is 10.0 Å². The predicted octanol–water partition coefficient (Wildman–Crippen LogP) is 4.58. The monoisotopic (exact) mass is 216 g/mol. The fourth-order valence-corrected chi connectivity index (χ4v) is 1.71. The van der Waals surface area contributed by atoms with Crippen molar-refractivity contribution in [3.05, 3.63) is 33.8 Å². The minimum absolute atomic E-state index is 0.261. The van der Waals surface area contributed by atoms with Crippen LogP contribution in [0.5, 0.6) is 0 Å². The molecule has 0 aliphatic carbocycles. The molecule has 0 saturated carbocycles. The molecule has 0 atom stereocenters. The smallest absolute Gasteiger partial charge is 0.0453 e. The normalized spacial score (nSPS) is 11.8. The topological polar surface area (TPSA) is 0 Å². The molecule has 0 spiro atoms. The molecule has 0 fully saturated rings. The molecule has 0 heterocycles. The van der Waals surface area contributed by atoms with Crippen molar-refractivity contribution in [3.8, 4) is 0 Å². The summed E-state index contributed by atoms with van der Waals surface area (Å²) in [7, 11) is 0. The first-order chi connectivity index (χ1) is 5.88. The lowest BCUT2D eigenvalue weighted by Crippen LogP contribution is -2.09. The molecular formula is C11H14Cl2. The second-order valence-corrected chi connectivity index (χ2v) is 5.32. The lowest BCUT2D eigenvalue weighted by atomic mass is 9.88. The Kier molecular flexibility index (Phi) is 3.26. The first-order valence-corrected chi connectivity index (χ1v) is 5.08. The van der Waals surface area contributed by atoms with Gasteiger partial charge in [0, 0.05) is 10.0 Å². The highest BCUT2D eigenvalue weighted by Crippen LogP contribution is 2.27. The van der Waals surface area contributed by atoms with Crippen molar-refractivity contribution < 1.29 is 0 Å². The van der Waals surface area contributed by atoms with Gasteiger partial charge in [-0.1, -0.05) is 50.0 Å². The Morgan fingerprint density at radius 3 is 2.23 bits per heavy atom. The standard InChI is InChI=1S/C11H14Cl2/c1-11(2,3)7-8-4-5-9(12)6-10(8)13/h4-6H,7H2,1-3H3. The maximum absolute atomic E-state index is 6.05. The third-order valence-electron chi connectivity index (χ3n) is 1.74. The van der Waals surface area contributed by atoms with Crippen molar-refractivity contribution in [1.29, 1.82) is 0 Å². The number of halogens is 2. The summed E-state index contributed by atoms with van der Waals surface area (Å²) in [5, 5.41) is 1.46. The Bertz CT molecular complexity index is 297. The largest absolute Gasteiger partial charge is 0.0843 e. The SMILES string of the molecule is CC(C)(C)Cc1ccc(Cl)cc1Cl. The quantitative estimate of drug-likeness (QED) is 0.645. The summed E-state index contributed by atoms with van der Waals surface area (Å²) in [6.45, 7) is 6.58. The van der Waals surface area contributed by atoms with Gasteiger partial charge in [-0.3, -0.25) is 0 Å². The van der Waals surface area contributed by atoms with Gasteiger partial charge in [0.15, 0.2) is 0 Å². The van der Waals surface area contributed by atoms with Crippen LogP contribution in [0.1, 0.15) is 26.3 Å². The van der Waals surface area contributed by atoms with Gasteiger partial charge in [-0.05, 0) is 29.5 Å². The molecule has 0 unspecified atom stereocenters. The van der Waals surface area contributed by atoms with Crippen molar-refractivity contribution in [2.24, 2.45) is 5.41 Å². The average Bonchev–Trinajstić information content (AvgIpc) is 1.93. The first kappa shape index (κ1) is 10.9. The summed E-state index contributed by atoms with van der Waals surface area (Å²) in [4.78, 5) is 0. The summed E-state index contributed by atoms with van der Waals surface area (Å²) in [6, 6.07) is 5.68. The highest BCUT2D eigenvalue weighted by molar-refractivity contribution is 6.35. The molecule has 0 aliphatic rings. The highest BCUT2D eigenvalue weighted by Gasteiger charge is 2.13. The molecule has 0 saturated heterocycles. The summed E-state index contributed by atoms with van der Waals surface area (Å²) in [6.07, 6.45) is 0.975. The van der Waals surface area contributed by atoms with Crippen LogP contribution in [0.25, 0.3) is 0 Å². The summed E-state index contributed by atoms with van der Waals surface area (Å²) in [5.74, 6) is 0. The first-order valence-electron chi connectivity index (χ1n) is 4.32. The summed E-state index contributed by atoms with van der Waals surface area (Å²) in [5.41, 5.74) is 1.43. The van der Waals surface area contributed by atoms with Gasteiger partial charge in [0.05, 0.1) is 0 Å². The number of rotatable bonds is 1. The minimum Gasteiger partial charge on any atom is -0.0843 e. The number of hydrogen-bond acceptors (Lipinski definition) is 0. The van der Waals surface area contributed by atoms with Crippen molar-refractivity contribution in [2.45, 2.75) is 27.2 Å². The van der Waals surface area contributed by atoms with Crippen LogP contribution in [0.15, 0.2) is 18.2 Å². The molecule has 1 aromatic rings. The van der Waals surface area contributed by atoms with E-state index in [1.807, 2.05) is 12.1 Å². The molecular weight excluding hydrogens is 203 g/mol. The Morgan fingerprint density at radius 2 is 1.77 bits per heavy atom. The van der Waals surface area contributed by atoms with Crippen LogP contribution >= 0.6 is 23.2 Å². The molecule has 1 rings (SSSR count). The molecule has 1 aromatic carbocycles. The third kappa shape index (κ3) is 3.58. The lowest BCUT2D eigenvalue weighted by molar-refractivity contribution is 0.411. The van der Waals surface area contributed by atoms with Crippen molar-refractivity contribution in [1.82, 2.24) is 0 Å². The zero-order valence-electron chi connectivity index (χ0n) is 8.20. The van der Waals surface area contributed by atoms with E-state index in [4.69, 9.17) is 23.2 Å². The Labute approximate surface area is 89.9 Å². The van der Waals surface area contributed by atoms with E-state index in [1.54, 1.807) is 6.07 Å². The van der Waals surface area contributed by atoms with Crippen LogP contribution < -0.4 is 0 Å². The fraction of sp³-hybridized carbons (Fsp3) is 0.455. The van der Waals surface area contributed by atoms with Crippen LogP contribution in [0, 0.1) is 5.41 Å².